The molecule has 0 bridgehead atoms. The monoisotopic (exact) mass is 254 g/mol. The Bertz CT molecular complexity index is 373. The highest BCUT2D eigenvalue weighted by molar-refractivity contribution is 7.80. The van der Waals surface area contributed by atoms with Crippen molar-refractivity contribution in [3.63, 3.8) is 0 Å². The van der Waals surface area contributed by atoms with Gasteiger partial charge in [0.05, 0.1) is 6.20 Å². The molecule has 0 aromatic carbocycles. The van der Waals surface area contributed by atoms with Gasteiger partial charge in [-0.1, -0.05) is 13.3 Å². The van der Waals surface area contributed by atoms with Crippen molar-refractivity contribution in [2.45, 2.75) is 33.2 Å². The second kappa shape index (κ2) is 6.59. The van der Waals surface area contributed by atoms with E-state index in [2.05, 4.69) is 29.2 Å². The molecule has 0 atom stereocenters. The first kappa shape index (κ1) is 14.0. The number of aryl methyl sites for hydroxylation is 1. The molecule has 1 aromatic heterocycles. The van der Waals surface area contributed by atoms with Crippen LogP contribution in [-0.2, 0) is 13.6 Å². The molecule has 0 saturated heterocycles. The summed E-state index contributed by atoms with van der Waals surface area (Å²) in [5, 5.41) is 8.30. The summed E-state index contributed by atoms with van der Waals surface area (Å²) in [4.78, 5) is 2.05. The summed E-state index contributed by atoms with van der Waals surface area (Å²) >= 11 is 5.33. The highest BCUT2D eigenvalue weighted by atomic mass is 32.1. The van der Waals surface area contributed by atoms with E-state index in [1.165, 1.54) is 17.7 Å². The average Bonchev–Trinajstić information content (AvgIpc) is 2.61. The van der Waals surface area contributed by atoms with Crippen molar-refractivity contribution in [2.75, 3.05) is 13.6 Å². The van der Waals surface area contributed by atoms with Crippen LogP contribution in [0.15, 0.2) is 6.20 Å². The first-order chi connectivity index (χ1) is 8.06. The number of nitrogens with zero attached hydrogens (tertiary/aromatic N) is 3. The van der Waals surface area contributed by atoms with Crippen LogP contribution in [-0.4, -0.2) is 33.4 Å². The van der Waals surface area contributed by atoms with Gasteiger partial charge in [0.2, 0.25) is 0 Å². The first-order valence-corrected chi connectivity index (χ1v) is 6.43. The van der Waals surface area contributed by atoms with E-state index in [1.54, 1.807) is 0 Å². The third kappa shape index (κ3) is 4.00. The van der Waals surface area contributed by atoms with Gasteiger partial charge in [0.25, 0.3) is 0 Å². The zero-order valence-electron chi connectivity index (χ0n) is 11.2. The van der Waals surface area contributed by atoms with Gasteiger partial charge >= 0.3 is 0 Å². The Kier molecular flexibility index (Phi) is 5.41. The van der Waals surface area contributed by atoms with Crippen LogP contribution in [0.4, 0.5) is 0 Å². The van der Waals surface area contributed by atoms with Gasteiger partial charge < -0.3 is 10.2 Å². The topological polar surface area (TPSA) is 33.1 Å². The molecule has 0 aliphatic carbocycles. The zero-order valence-corrected chi connectivity index (χ0v) is 12.0. The molecule has 1 rings (SSSR count). The van der Waals surface area contributed by atoms with Crippen LogP contribution < -0.4 is 5.32 Å². The van der Waals surface area contributed by atoms with Gasteiger partial charge in [0, 0.05) is 38.4 Å². The summed E-state index contributed by atoms with van der Waals surface area (Å²) in [6.07, 6.45) is 4.24. The lowest BCUT2D eigenvalue weighted by Crippen LogP contribution is -2.37. The normalized spacial score (nSPS) is 10.4. The van der Waals surface area contributed by atoms with Gasteiger partial charge in [0.1, 0.15) is 0 Å². The van der Waals surface area contributed by atoms with Gasteiger partial charge in [-0.25, -0.2) is 0 Å². The van der Waals surface area contributed by atoms with Crippen molar-refractivity contribution in [3.8, 4) is 0 Å². The summed E-state index contributed by atoms with van der Waals surface area (Å²) in [6, 6.07) is 0. The van der Waals surface area contributed by atoms with Crippen molar-refractivity contribution < 1.29 is 0 Å². The largest absolute Gasteiger partial charge is 0.363 e. The Balaban J connectivity index is 2.45. The Hall–Kier alpha value is -1.10. The number of aromatic nitrogens is 2. The van der Waals surface area contributed by atoms with Gasteiger partial charge in [-0.15, -0.1) is 0 Å². The Morgan fingerprint density at radius 2 is 2.29 bits per heavy atom. The molecule has 0 radical (unpaired) electrons. The van der Waals surface area contributed by atoms with Crippen molar-refractivity contribution in [1.29, 1.82) is 0 Å². The maximum atomic E-state index is 5.33. The number of thiocarbonyl (C=S) groups is 1. The summed E-state index contributed by atoms with van der Waals surface area (Å²) in [7, 11) is 3.96. The molecule has 0 spiro atoms. The summed E-state index contributed by atoms with van der Waals surface area (Å²) in [5.74, 6) is 0. The fraction of sp³-hybridized carbons (Fsp3) is 0.667. The lowest BCUT2D eigenvalue weighted by Gasteiger charge is -2.20. The predicted molar refractivity (Wildman–Crippen MR) is 74.9 cm³/mol. The molecule has 0 aliphatic heterocycles. The highest BCUT2D eigenvalue weighted by Crippen LogP contribution is 2.08. The van der Waals surface area contributed by atoms with Crippen LogP contribution in [0.2, 0.25) is 0 Å². The third-order valence-corrected chi connectivity index (χ3v) is 3.35. The van der Waals surface area contributed by atoms with Crippen LogP contribution in [0.1, 0.15) is 31.0 Å². The molecule has 17 heavy (non-hydrogen) atoms. The minimum absolute atomic E-state index is 0.803. The molecule has 1 heterocycles. The molecule has 0 amide bonds. The Morgan fingerprint density at radius 1 is 1.59 bits per heavy atom. The quantitative estimate of drug-likeness (QED) is 0.642. The maximum Gasteiger partial charge on any atom is 0.168 e. The van der Waals surface area contributed by atoms with E-state index in [0.717, 1.165) is 24.6 Å². The van der Waals surface area contributed by atoms with E-state index >= 15 is 0 Å². The van der Waals surface area contributed by atoms with Crippen molar-refractivity contribution in [1.82, 2.24) is 20.0 Å². The SMILES string of the molecule is CCCCNC(=S)N(C)Cc1cnn(C)c1C. The molecule has 1 N–H and O–H groups in total. The number of hydrogen-bond donors (Lipinski definition) is 1. The van der Waals surface area contributed by atoms with Crippen LogP contribution in [0, 0.1) is 6.92 Å². The van der Waals surface area contributed by atoms with Crippen molar-refractivity contribution >= 4 is 17.3 Å². The van der Waals surface area contributed by atoms with Crippen LogP contribution in [0.25, 0.3) is 0 Å². The standard InChI is InChI=1S/C12H22N4S/c1-5-6-7-13-12(17)15(3)9-11-8-14-16(4)10(11)2/h8H,5-7,9H2,1-4H3,(H,13,17). The van der Waals surface area contributed by atoms with Crippen LogP contribution >= 0.6 is 12.2 Å². The summed E-state index contributed by atoms with van der Waals surface area (Å²) < 4.78 is 1.89. The molecular formula is C12H22N4S. The molecule has 4 nitrogen and oxygen atoms in total. The van der Waals surface area contributed by atoms with E-state index in [-0.39, 0.29) is 0 Å². The van der Waals surface area contributed by atoms with Gasteiger partial charge in [-0.3, -0.25) is 4.68 Å². The average molecular weight is 254 g/mol. The van der Waals surface area contributed by atoms with Crippen molar-refractivity contribution in [2.24, 2.45) is 7.05 Å². The zero-order chi connectivity index (χ0) is 12.8. The molecule has 1 aromatic rings. The number of rotatable bonds is 5. The lowest BCUT2D eigenvalue weighted by atomic mass is 10.2. The third-order valence-electron chi connectivity index (χ3n) is 2.90. The van der Waals surface area contributed by atoms with E-state index in [9.17, 15) is 0 Å². The predicted octanol–water partition coefficient (Wildman–Crippen LogP) is 1.83. The molecule has 0 fully saturated rings. The molecule has 96 valence electrons. The number of hydrogen-bond acceptors (Lipinski definition) is 2. The minimum Gasteiger partial charge on any atom is -0.363 e. The molecule has 0 saturated carbocycles. The molecular weight excluding hydrogens is 232 g/mol. The van der Waals surface area contributed by atoms with Crippen LogP contribution in [0.3, 0.4) is 0 Å². The van der Waals surface area contributed by atoms with E-state index in [1.807, 2.05) is 25.0 Å². The molecule has 0 unspecified atom stereocenters. The number of unbranched alkanes of at least 4 members (excludes halogenated alkanes) is 1. The van der Waals surface area contributed by atoms with E-state index in [0.29, 0.717) is 0 Å². The molecule has 5 heteroatoms. The fourth-order valence-corrected chi connectivity index (χ4v) is 1.70. The van der Waals surface area contributed by atoms with Gasteiger partial charge in [-0.2, -0.15) is 5.10 Å². The second-order valence-electron chi connectivity index (χ2n) is 4.32. The van der Waals surface area contributed by atoms with E-state index < -0.39 is 0 Å². The second-order valence-corrected chi connectivity index (χ2v) is 4.71. The number of nitrogens with one attached hydrogen (secondary N) is 1. The first-order valence-electron chi connectivity index (χ1n) is 6.02. The van der Waals surface area contributed by atoms with Gasteiger partial charge in [0.15, 0.2) is 5.11 Å². The minimum atomic E-state index is 0.803. The summed E-state index contributed by atoms with van der Waals surface area (Å²) in [6.45, 7) is 6.00. The Morgan fingerprint density at radius 3 is 2.82 bits per heavy atom. The van der Waals surface area contributed by atoms with E-state index in [4.69, 9.17) is 12.2 Å². The maximum absolute atomic E-state index is 5.33. The van der Waals surface area contributed by atoms with Crippen molar-refractivity contribution in [3.05, 3.63) is 17.5 Å². The summed E-state index contributed by atoms with van der Waals surface area (Å²) in [5.41, 5.74) is 2.41. The fourth-order valence-electron chi connectivity index (χ4n) is 1.53. The lowest BCUT2D eigenvalue weighted by molar-refractivity contribution is 0.485. The highest BCUT2D eigenvalue weighted by Gasteiger charge is 2.09. The molecule has 0 aliphatic rings. The van der Waals surface area contributed by atoms with Gasteiger partial charge in [-0.05, 0) is 25.6 Å². The van der Waals surface area contributed by atoms with Crippen LogP contribution in [0.5, 0.6) is 0 Å². The Labute approximate surface area is 109 Å². The smallest absolute Gasteiger partial charge is 0.168 e.